The Kier molecular flexibility index (Phi) is 3.68. The third-order valence-corrected chi connectivity index (χ3v) is 3.06. The molecule has 1 fully saturated rings. The molecule has 15 heavy (non-hydrogen) atoms. The summed E-state index contributed by atoms with van der Waals surface area (Å²) in [4.78, 5) is 22.3. The molecule has 1 aliphatic rings. The van der Waals surface area contributed by atoms with Crippen molar-refractivity contribution in [2.24, 2.45) is 17.1 Å². The number of hydrogen-bond donors (Lipinski definition) is 3. The monoisotopic (exact) mass is 214 g/mol. The van der Waals surface area contributed by atoms with Gasteiger partial charge >= 0.3 is 5.97 Å². The number of carboxylic acid groups (broad SMARTS) is 1. The van der Waals surface area contributed by atoms with Gasteiger partial charge in [0.15, 0.2) is 0 Å². The number of amides is 1. The van der Waals surface area contributed by atoms with Crippen molar-refractivity contribution in [2.75, 3.05) is 13.1 Å². The van der Waals surface area contributed by atoms with Crippen LogP contribution in [0.5, 0.6) is 0 Å². The molecule has 0 heterocycles. The van der Waals surface area contributed by atoms with Gasteiger partial charge in [0.2, 0.25) is 5.91 Å². The molecule has 0 aromatic rings. The van der Waals surface area contributed by atoms with Crippen molar-refractivity contribution < 1.29 is 14.7 Å². The van der Waals surface area contributed by atoms with Gasteiger partial charge in [-0.05, 0) is 19.3 Å². The van der Waals surface area contributed by atoms with Crippen LogP contribution < -0.4 is 11.1 Å². The molecule has 4 N–H and O–H groups in total. The molecule has 0 aromatic heterocycles. The largest absolute Gasteiger partial charge is 0.481 e. The number of aliphatic carboxylic acids is 1. The zero-order chi connectivity index (χ0) is 11.5. The topological polar surface area (TPSA) is 92.4 Å². The van der Waals surface area contributed by atoms with Crippen molar-refractivity contribution in [3.63, 3.8) is 0 Å². The summed E-state index contributed by atoms with van der Waals surface area (Å²) in [5.41, 5.74) is 4.73. The minimum Gasteiger partial charge on any atom is -0.481 e. The minimum atomic E-state index is -0.816. The van der Waals surface area contributed by atoms with E-state index in [1.165, 1.54) is 0 Å². The fourth-order valence-corrected chi connectivity index (χ4v) is 1.48. The maximum atomic E-state index is 11.5. The van der Waals surface area contributed by atoms with E-state index < -0.39 is 11.4 Å². The highest BCUT2D eigenvalue weighted by atomic mass is 16.4. The Morgan fingerprint density at radius 1 is 1.53 bits per heavy atom. The van der Waals surface area contributed by atoms with Gasteiger partial charge in [0.05, 0.1) is 5.41 Å². The number of carboxylic acids is 1. The van der Waals surface area contributed by atoms with Crippen LogP contribution >= 0.6 is 0 Å². The van der Waals surface area contributed by atoms with Crippen LogP contribution in [0.1, 0.15) is 26.2 Å². The molecular weight excluding hydrogens is 196 g/mol. The lowest BCUT2D eigenvalue weighted by Gasteiger charge is -2.15. The van der Waals surface area contributed by atoms with Crippen LogP contribution in [0.2, 0.25) is 0 Å². The number of carbonyl (C=O) groups is 2. The summed E-state index contributed by atoms with van der Waals surface area (Å²) < 4.78 is 0. The summed E-state index contributed by atoms with van der Waals surface area (Å²) in [6, 6.07) is 0. The average molecular weight is 214 g/mol. The second-order valence-electron chi connectivity index (χ2n) is 4.14. The molecule has 1 rings (SSSR count). The van der Waals surface area contributed by atoms with Gasteiger partial charge in [0.25, 0.3) is 0 Å². The molecular formula is C10H18N2O3. The maximum absolute atomic E-state index is 11.5. The molecule has 1 unspecified atom stereocenters. The van der Waals surface area contributed by atoms with Gasteiger partial charge in [0, 0.05) is 19.0 Å². The molecule has 0 radical (unpaired) electrons. The third-order valence-electron chi connectivity index (χ3n) is 3.06. The van der Waals surface area contributed by atoms with Crippen LogP contribution in [0.25, 0.3) is 0 Å². The Morgan fingerprint density at radius 3 is 2.47 bits per heavy atom. The van der Waals surface area contributed by atoms with Crippen LogP contribution in [-0.4, -0.2) is 30.1 Å². The van der Waals surface area contributed by atoms with E-state index in [2.05, 4.69) is 5.32 Å². The van der Waals surface area contributed by atoms with Gasteiger partial charge in [0.1, 0.15) is 0 Å². The molecule has 0 aromatic carbocycles. The van der Waals surface area contributed by atoms with Gasteiger partial charge in [-0.3, -0.25) is 9.59 Å². The van der Waals surface area contributed by atoms with Crippen molar-refractivity contribution in [3.05, 3.63) is 0 Å². The van der Waals surface area contributed by atoms with Gasteiger partial charge in [-0.15, -0.1) is 0 Å². The fourth-order valence-electron chi connectivity index (χ4n) is 1.48. The number of carbonyl (C=O) groups excluding carboxylic acids is 1. The van der Waals surface area contributed by atoms with Gasteiger partial charge in [-0.25, -0.2) is 0 Å². The smallest absolute Gasteiger partial charge is 0.311 e. The molecule has 1 aliphatic carbocycles. The SMILES string of the molecule is CCC(CN)C(=O)NCC1(C(=O)O)CC1. The first-order valence-electron chi connectivity index (χ1n) is 5.27. The molecule has 1 amide bonds. The Balaban J connectivity index is 2.37. The lowest BCUT2D eigenvalue weighted by molar-refractivity contribution is -0.143. The number of nitrogens with two attached hydrogens (primary N) is 1. The zero-order valence-corrected chi connectivity index (χ0v) is 8.95. The molecule has 0 spiro atoms. The molecule has 0 aliphatic heterocycles. The zero-order valence-electron chi connectivity index (χ0n) is 8.95. The summed E-state index contributed by atoms with van der Waals surface area (Å²) >= 11 is 0. The van der Waals surface area contributed by atoms with Crippen LogP contribution in [0.15, 0.2) is 0 Å². The summed E-state index contributed by atoms with van der Waals surface area (Å²) in [6.45, 7) is 2.43. The maximum Gasteiger partial charge on any atom is 0.311 e. The van der Waals surface area contributed by atoms with E-state index in [4.69, 9.17) is 10.8 Å². The Morgan fingerprint density at radius 2 is 2.13 bits per heavy atom. The van der Waals surface area contributed by atoms with Crippen LogP contribution in [0, 0.1) is 11.3 Å². The predicted molar refractivity (Wildman–Crippen MR) is 55.1 cm³/mol. The van der Waals surface area contributed by atoms with E-state index in [0.29, 0.717) is 25.8 Å². The number of hydrogen-bond acceptors (Lipinski definition) is 3. The van der Waals surface area contributed by atoms with Crippen molar-refractivity contribution in [1.29, 1.82) is 0 Å². The summed E-state index contributed by atoms with van der Waals surface area (Å²) in [5, 5.41) is 11.6. The van der Waals surface area contributed by atoms with Crippen LogP contribution in [0.4, 0.5) is 0 Å². The van der Waals surface area contributed by atoms with E-state index in [-0.39, 0.29) is 18.4 Å². The van der Waals surface area contributed by atoms with E-state index in [9.17, 15) is 9.59 Å². The second kappa shape index (κ2) is 4.61. The van der Waals surface area contributed by atoms with Crippen LogP contribution in [0.3, 0.4) is 0 Å². The summed E-state index contributed by atoms with van der Waals surface area (Å²) in [5.74, 6) is -1.15. The quantitative estimate of drug-likeness (QED) is 0.578. The van der Waals surface area contributed by atoms with Gasteiger partial charge in [-0.2, -0.15) is 0 Å². The second-order valence-corrected chi connectivity index (χ2v) is 4.14. The lowest BCUT2D eigenvalue weighted by atomic mass is 10.0. The van der Waals surface area contributed by atoms with E-state index >= 15 is 0 Å². The third kappa shape index (κ3) is 2.68. The Labute approximate surface area is 89.0 Å². The van der Waals surface area contributed by atoms with E-state index in [0.717, 1.165) is 0 Å². The molecule has 5 nitrogen and oxygen atoms in total. The highest BCUT2D eigenvalue weighted by Crippen LogP contribution is 2.45. The van der Waals surface area contributed by atoms with Crippen molar-refractivity contribution >= 4 is 11.9 Å². The molecule has 0 bridgehead atoms. The predicted octanol–water partition coefficient (Wildman–Crippen LogP) is -0.0477. The molecule has 0 saturated heterocycles. The van der Waals surface area contributed by atoms with Crippen molar-refractivity contribution in [2.45, 2.75) is 26.2 Å². The lowest BCUT2D eigenvalue weighted by Crippen LogP contribution is -2.39. The highest BCUT2D eigenvalue weighted by Gasteiger charge is 2.50. The molecule has 1 atom stereocenters. The Hall–Kier alpha value is -1.10. The first kappa shape index (κ1) is 12.0. The van der Waals surface area contributed by atoms with E-state index in [1.807, 2.05) is 6.92 Å². The fraction of sp³-hybridized carbons (Fsp3) is 0.800. The van der Waals surface area contributed by atoms with Crippen molar-refractivity contribution in [1.82, 2.24) is 5.32 Å². The molecule has 86 valence electrons. The minimum absolute atomic E-state index is 0.132. The van der Waals surface area contributed by atoms with Gasteiger partial charge < -0.3 is 16.2 Å². The highest BCUT2D eigenvalue weighted by molar-refractivity contribution is 5.82. The molecule has 1 saturated carbocycles. The first-order valence-corrected chi connectivity index (χ1v) is 5.27. The first-order chi connectivity index (χ1) is 7.05. The van der Waals surface area contributed by atoms with Crippen molar-refractivity contribution in [3.8, 4) is 0 Å². The Bertz CT molecular complexity index is 257. The number of nitrogens with one attached hydrogen (secondary N) is 1. The van der Waals surface area contributed by atoms with E-state index in [1.54, 1.807) is 0 Å². The summed E-state index contributed by atoms with van der Waals surface area (Å²) in [6.07, 6.45) is 1.99. The van der Waals surface area contributed by atoms with Gasteiger partial charge in [-0.1, -0.05) is 6.92 Å². The van der Waals surface area contributed by atoms with Crippen LogP contribution in [-0.2, 0) is 9.59 Å². The number of rotatable bonds is 6. The molecule has 5 heteroatoms. The average Bonchev–Trinajstić information content (AvgIpc) is 2.97. The normalized spacial score (nSPS) is 19.3. The standard InChI is InChI=1S/C10H18N2O3/c1-2-7(5-11)8(13)12-6-10(3-4-10)9(14)15/h7H,2-6,11H2,1H3,(H,12,13)(H,14,15). The summed E-state index contributed by atoms with van der Waals surface area (Å²) in [7, 11) is 0.